The van der Waals surface area contributed by atoms with Crippen LogP contribution in [0.1, 0.15) is 13.8 Å². The molecule has 0 bridgehead atoms. The summed E-state index contributed by atoms with van der Waals surface area (Å²) in [6.07, 6.45) is 0. The second-order valence-electron chi connectivity index (χ2n) is 6.68. The van der Waals surface area contributed by atoms with E-state index in [1.807, 2.05) is 35.2 Å². The number of rotatable bonds is 8. The van der Waals surface area contributed by atoms with Crippen LogP contribution in [0.5, 0.6) is 5.75 Å². The fraction of sp³-hybridized carbons (Fsp3) is 0.611. The van der Waals surface area contributed by atoms with Crippen molar-refractivity contribution in [2.75, 3.05) is 52.5 Å². The van der Waals surface area contributed by atoms with Gasteiger partial charge in [-0.3, -0.25) is 9.69 Å². The standard InChI is InChI=1S/C18H28N2O4/c1-18(2,22)15-19-8-10-20(11-9-19)17(21)14-23-12-13-24-16-6-4-3-5-7-16/h3-7,22H,8-15H2,1-2H3. The zero-order valence-corrected chi connectivity index (χ0v) is 14.6. The predicted molar refractivity (Wildman–Crippen MR) is 92.1 cm³/mol. The number of aliphatic hydroxyl groups is 1. The summed E-state index contributed by atoms with van der Waals surface area (Å²) in [6.45, 7) is 8.06. The summed E-state index contributed by atoms with van der Waals surface area (Å²) in [5.74, 6) is 0.813. The minimum atomic E-state index is -0.700. The number of amides is 1. The molecule has 1 aromatic rings. The van der Waals surface area contributed by atoms with Gasteiger partial charge in [-0.05, 0) is 26.0 Å². The SMILES string of the molecule is CC(C)(O)CN1CCN(C(=O)COCCOc2ccccc2)CC1. The maximum atomic E-state index is 12.1. The molecule has 6 nitrogen and oxygen atoms in total. The highest BCUT2D eigenvalue weighted by Gasteiger charge is 2.24. The molecule has 1 fully saturated rings. The summed E-state index contributed by atoms with van der Waals surface area (Å²) in [7, 11) is 0. The van der Waals surface area contributed by atoms with E-state index >= 15 is 0 Å². The van der Waals surface area contributed by atoms with E-state index in [0.717, 1.165) is 18.8 Å². The van der Waals surface area contributed by atoms with Crippen LogP contribution >= 0.6 is 0 Å². The van der Waals surface area contributed by atoms with Crippen LogP contribution in [0.25, 0.3) is 0 Å². The number of hydrogen-bond donors (Lipinski definition) is 1. The highest BCUT2D eigenvalue weighted by atomic mass is 16.5. The van der Waals surface area contributed by atoms with Gasteiger partial charge >= 0.3 is 0 Å². The Balaban J connectivity index is 1.57. The molecule has 2 rings (SSSR count). The largest absolute Gasteiger partial charge is 0.491 e. The quantitative estimate of drug-likeness (QED) is 0.718. The first-order valence-corrected chi connectivity index (χ1v) is 8.42. The molecule has 0 aliphatic carbocycles. The number of hydrogen-bond acceptors (Lipinski definition) is 5. The zero-order valence-electron chi connectivity index (χ0n) is 14.6. The lowest BCUT2D eigenvalue weighted by molar-refractivity contribution is -0.138. The topological polar surface area (TPSA) is 62.2 Å². The molecule has 0 aromatic heterocycles. The Hall–Kier alpha value is -1.63. The van der Waals surface area contributed by atoms with Gasteiger partial charge in [0.1, 0.15) is 19.0 Å². The molecular weight excluding hydrogens is 308 g/mol. The van der Waals surface area contributed by atoms with Crippen molar-refractivity contribution in [3.05, 3.63) is 30.3 Å². The molecule has 1 aromatic carbocycles. The molecule has 1 aliphatic rings. The predicted octanol–water partition coefficient (Wildman–Crippen LogP) is 0.997. The molecule has 0 saturated carbocycles. The monoisotopic (exact) mass is 336 g/mol. The highest BCUT2D eigenvalue weighted by Crippen LogP contribution is 2.09. The van der Waals surface area contributed by atoms with Crippen molar-refractivity contribution in [2.45, 2.75) is 19.4 Å². The summed E-state index contributed by atoms with van der Waals surface area (Å²) < 4.78 is 10.9. The number of benzene rings is 1. The van der Waals surface area contributed by atoms with Gasteiger partial charge in [-0.25, -0.2) is 0 Å². The van der Waals surface area contributed by atoms with Crippen LogP contribution in [0.4, 0.5) is 0 Å². The Morgan fingerprint density at radius 1 is 1.12 bits per heavy atom. The van der Waals surface area contributed by atoms with E-state index in [4.69, 9.17) is 9.47 Å². The van der Waals surface area contributed by atoms with Gasteiger partial charge in [0.15, 0.2) is 0 Å². The van der Waals surface area contributed by atoms with Gasteiger partial charge in [0.25, 0.3) is 0 Å². The van der Waals surface area contributed by atoms with Crippen LogP contribution in [-0.2, 0) is 9.53 Å². The third-order valence-electron chi connectivity index (χ3n) is 3.80. The number of ether oxygens (including phenoxy) is 2. The molecule has 0 unspecified atom stereocenters. The number of piperazine rings is 1. The van der Waals surface area contributed by atoms with Gasteiger partial charge in [0.05, 0.1) is 12.2 Å². The van der Waals surface area contributed by atoms with Crippen LogP contribution in [0.15, 0.2) is 30.3 Å². The number of carbonyl (C=O) groups is 1. The van der Waals surface area contributed by atoms with Crippen LogP contribution in [-0.4, -0.2) is 79.0 Å². The minimum Gasteiger partial charge on any atom is -0.491 e. The first-order chi connectivity index (χ1) is 11.4. The lowest BCUT2D eigenvalue weighted by atomic mass is 10.1. The molecule has 1 heterocycles. The van der Waals surface area contributed by atoms with Gasteiger partial charge in [-0.1, -0.05) is 18.2 Å². The fourth-order valence-corrected chi connectivity index (χ4v) is 2.69. The van der Waals surface area contributed by atoms with Crippen LogP contribution in [0.3, 0.4) is 0 Å². The number of carbonyl (C=O) groups excluding carboxylic acids is 1. The second kappa shape index (κ2) is 9.01. The smallest absolute Gasteiger partial charge is 0.248 e. The van der Waals surface area contributed by atoms with Crippen molar-refractivity contribution < 1.29 is 19.4 Å². The molecule has 0 spiro atoms. The first-order valence-electron chi connectivity index (χ1n) is 8.42. The number of β-amino-alcohol motifs (C(OH)–C–C–N with tert-alkyl or cyclic N) is 1. The number of para-hydroxylation sites is 1. The Morgan fingerprint density at radius 2 is 1.79 bits per heavy atom. The molecule has 6 heteroatoms. The van der Waals surface area contributed by atoms with Crippen molar-refractivity contribution in [3.63, 3.8) is 0 Å². The molecule has 0 radical (unpaired) electrons. The third-order valence-corrected chi connectivity index (χ3v) is 3.80. The highest BCUT2D eigenvalue weighted by molar-refractivity contribution is 5.77. The van der Waals surface area contributed by atoms with Crippen LogP contribution < -0.4 is 4.74 Å². The van der Waals surface area contributed by atoms with Gasteiger partial charge in [-0.2, -0.15) is 0 Å². The molecule has 1 N–H and O–H groups in total. The lowest BCUT2D eigenvalue weighted by Crippen LogP contribution is -2.52. The van der Waals surface area contributed by atoms with Crippen molar-refractivity contribution in [3.8, 4) is 5.75 Å². The van der Waals surface area contributed by atoms with Crippen molar-refractivity contribution in [1.29, 1.82) is 0 Å². The lowest BCUT2D eigenvalue weighted by Gasteiger charge is -2.37. The normalized spacial score (nSPS) is 16.2. The average molecular weight is 336 g/mol. The van der Waals surface area contributed by atoms with Crippen molar-refractivity contribution in [1.82, 2.24) is 9.80 Å². The average Bonchev–Trinajstić information content (AvgIpc) is 2.54. The van der Waals surface area contributed by atoms with Gasteiger partial charge < -0.3 is 19.5 Å². The Kier molecular flexibility index (Phi) is 7.02. The Labute approximate surface area is 144 Å². The second-order valence-corrected chi connectivity index (χ2v) is 6.68. The van der Waals surface area contributed by atoms with Gasteiger partial charge in [-0.15, -0.1) is 0 Å². The van der Waals surface area contributed by atoms with E-state index < -0.39 is 5.60 Å². The molecule has 134 valence electrons. The fourth-order valence-electron chi connectivity index (χ4n) is 2.69. The summed E-state index contributed by atoms with van der Waals surface area (Å²) in [6, 6.07) is 9.54. The van der Waals surface area contributed by atoms with E-state index in [9.17, 15) is 9.90 Å². The molecule has 1 aliphatic heterocycles. The summed E-state index contributed by atoms with van der Waals surface area (Å²) in [5.41, 5.74) is -0.700. The van der Waals surface area contributed by atoms with E-state index in [1.165, 1.54) is 0 Å². The molecule has 0 atom stereocenters. The van der Waals surface area contributed by atoms with Crippen molar-refractivity contribution >= 4 is 5.91 Å². The Morgan fingerprint density at radius 3 is 2.42 bits per heavy atom. The van der Waals surface area contributed by atoms with E-state index in [2.05, 4.69) is 4.90 Å². The molecule has 1 amide bonds. The van der Waals surface area contributed by atoms with E-state index in [0.29, 0.717) is 32.8 Å². The van der Waals surface area contributed by atoms with E-state index in [-0.39, 0.29) is 12.5 Å². The molecule has 24 heavy (non-hydrogen) atoms. The van der Waals surface area contributed by atoms with Gasteiger partial charge in [0, 0.05) is 32.7 Å². The molecule has 1 saturated heterocycles. The van der Waals surface area contributed by atoms with Crippen molar-refractivity contribution in [2.24, 2.45) is 0 Å². The number of nitrogens with zero attached hydrogens (tertiary/aromatic N) is 2. The summed E-state index contributed by atoms with van der Waals surface area (Å²) in [5, 5.41) is 9.84. The van der Waals surface area contributed by atoms with Crippen LogP contribution in [0, 0.1) is 0 Å². The van der Waals surface area contributed by atoms with Crippen LogP contribution in [0.2, 0.25) is 0 Å². The Bertz CT molecular complexity index is 493. The zero-order chi connectivity index (χ0) is 17.4. The molecular formula is C18H28N2O4. The maximum Gasteiger partial charge on any atom is 0.248 e. The summed E-state index contributed by atoms with van der Waals surface area (Å²) in [4.78, 5) is 16.1. The minimum absolute atomic E-state index is 0.0117. The van der Waals surface area contributed by atoms with Gasteiger partial charge in [0.2, 0.25) is 5.91 Å². The summed E-state index contributed by atoms with van der Waals surface area (Å²) >= 11 is 0. The third kappa shape index (κ3) is 6.86. The van der Waals surface area contributed by atoms with E-state index in [1.54, 1.807) is 13.8 Å². The maximum absolute atomic E-state index is 12.1. The first kappa shape index (κ1) is 18.7.